The minimum absolute atomic E-state index is 0.0916. The van der Waals surface area contributed by atoms with E-state index in [-0.39, 0.29) is 17.4 Å². The number of hydrogen-bond donors (Lipinski definition) is 2. The Hall–Kier alpha value is -1.44. The van der Waals surface area contributed by atoms with Gasteiger partial charge in [0.15, 0.2) is 0 Å². The Morgan fingerprint density at radius 1 is 1.31 bits per heavy atom. The number of benzene rings is 1. The molecule has 1 unspecified atom stereocenters. The van der Waals surface area contributed by atoms with E-state index in [0.717, 1.165) is 5.56 Å². The number of rotatable bonds is 2. The summed E-state index contributed by atoms with van der Waals surface area (Å²) in [6.45, 7) is 3.93. The van der Waals surface area contributed by atoms with Gasteiger partial charge in [0.1, 0.15) is 11.5 Å². The maximum Gasteiger partial charge on any atom is 0.123 e. The van der Waals surface area contributed by atoms with Crippen molar-refractivity contribution in [3.63, 3.8) is 0 Å². The van der Waals surface area contributed by atoms with Gasteiger partial charge in [0.25, 0.3) is 0 Å². The highest BCUT2D eigenvalue weighted by molar-refractivity contribution is 5.42. The predicted octanol–water partition coefficient (Wildman–Crippen LogP) is 2.78. The standard InChI is InChI=1S/C11H14O2/c1-3-4-8(2)10-6-5-9(12)7-11(10)13/h3-8,12-13H,1-2H3/b4-3-. The molecule has 0 heterocycles. The van der Waals surface area contributed by atoms with E-state index in [1.165, 1.54) is 6.07 Å². The van der Waals surface area contributed by atoms with Crippen LogP contribution in [-0.4, -0.2) is 10.2 Å². The minimum Gasteiger partial charge on any atom is -0.508 e. The van der Waals surface area contributed by atoms with Crippen molar-refractivity contribution in [3.8, 4) is 11.5 Å². The average molecular weight is 178 g/mol. The maximum atomic E-state index is 9.49. The molecule has 1 aromatic carbocycles. The van der Waals surface area contributed by atoms with Crippen LogP contribution in [0, 0.1) is 0 Å². The summed E-state index contributed by atoms with van der Waals surface area (Å²) in [4.78, 5) is 0. The van der Waals surface area contributed by atoms with E-state index in [1.807, 2.05) is 26.0 Å². The van der Waals surface area contributed by atoms with Gasteiger partial charge in [0, 0.05) is 17.5 Å². The van der Waals surface area contributed by atoms with E-state index >= 15 is 0 Å². The van der Waals surface area contributed by atoms with Gasteiger partial charge in [-0.05, 0) is 13.0 Å². The summed E-state index contributed by atoms with van der Waals surface area (Å²) >= 11 is 0. The molecule has 13 heavy (non-hydrogen) atoms. The molecule has 2 N–H and O–H groups in total. The van der Waals surface area contributed by atoms with Crippen molar-refractivity contribution >= 4 is 0 Å². The monoisotopic (exact) mass is 178 g/mol. The van der Waals surface area contributed by atoms with Crippen molar-refractivity contribution in [2.45, 2.75) is 19.8 Å². The van der Waals surface area contributed by atoms with Gasteiger partial charge in [-0.15, -0.1) is 0 Å². The van der Waals surface area contributed by atoms with Gasteiger partial charge in [-0.3, -0.25) is 0 Å². The molecule has 0 saturated carbocycles. The zero-order chi connectivity index (χ0) is 9.84. The number of aromatic hydroxyl groups is 2. The highest BCUT2D eigenvalue weighted by Gasteiger charge is 2.07. The maximum absolute atomic E-state index is 9.49. The molecule has 0 spiro atoms. The molecule has 0 aliphatic heterocycles. The smallest absolute Gasteiger partial charge is 0.123 e. The summed E-state index contributed by atoms with van der Waals surface area (Å²) in [5.74, 6) is 0.408. The first-order chi connectivity index (χ1) is 6.15. The van der Waals surface area contributed by atoms with E-state index in [4.69, 9.17) is 5.11 Å². The Balaban J connectivity index is 3.01. The first kappa shape index (κ1) is 9.65. The summed E-state index contributed by atoms with van der Waals surface area (Å²) < 4.78 is 0. The summed E-state index contributed by atoms with van der Waals surface area (Å²) in [7, 11) is 0. The van der Waals surface area contributed by atoms with Gasteiger partial charge in [0.2, 0.25) is 0 Å². The zero-order valence-electron chi connectivity index (χ0n) is 7.86. The molecule has 1 rings (SSSR count). The van der Waals surface area contributed by atoms with Crippen molar-refractivity contribution in [2.75, 3.05) is 0 Å². The number of phenolic OH excluding ortho intramolecular Hbond substituents is 2. The molecule has 1 atom stereocenters. The Kier molecular flexibility index (Phi) is 2.96. The van der Waals surface area contributed by atoms with E-state index in [1.54, 1.807) is 12.1 Å². The molecule has 70 valence electrons. The molecular formula is C11H14O2. The van der Waals surface area contributed by atoms with Crippen LogP contribution < -0.4 is 0 Å². The van der Waals surface area contributed by atoms with Gasteiger partial charge in [-0.1, -0.05) is 25.1 Å². The molecule has 0 radical (unpaired) electrons. The topological polar surface area (TPSA) is 40.5 Å². The third-order valence-electron chi connectivity index (χ3n) is 1.99. The molecule has 1 aromatic rings. The Morgan fingerprint density at radius 3 is 2.54 bits per heavy atom. The fraction of sp³-hybridized carbons (Fsp3) is 0.273. The lowest BCUT2D eigenvalue weighted by Crippen LogP contribution is -1.89. The molecular weight excluding hydrogens is 164 g/mol. The van der Waals surface area contributed by atoms with Crippen LogP contribution >= 0.6 is 0 Å². The van der Waals surface area contributed by atoms with E-state index in [2.05, 4.69) is 0 Å². The van der Waals surface area contributed by atoms with Crippen LogP contribution in [0.1, 0.15) is 25.3 Å². The Labute approximate surface area is 78.2 Å². The van der Waals surface area contributed by atoms with E-state index in [9.17, 15) is 5.11 Å². The highest BCUT2D eigenvalue weighted by atomic mass is 16.3. The molecule has 2 heteroatoms. The fourth-order valence-electron chi connectivity index (χ4n) is 1.31. The third kappa shape index (κ3) is 2.25. The van der Waals surface area contributed by atoms with Crippen molar-refractivity contribution < 1.29 is 10.2 Å². The average Bonchev–Trinajstić information content (AvgIpc) is 2.04. The second-order valence-electron chi connectivity index (χ2n) is 3.06. The first-order valence-electron chi connectivity index (χ1n) is 4.30. The van der Waals surface area contributed by atoms with Crippen molar-refractivity contribution in [1.29, 1.82) is 0 Å². The number of phenols is 2. The van der Waals surface area contributed by atoms with E-state index < -0.39 is 0 Å². The number of allylic oxidation sites excluding steroid dienone is 2. The minimum atomic E-state index is 0.0916. The predicted molar refractivity (Wildman–Crippen MR) is 53.0 cm³/mol. The van der Waals surface area contributed by atoms with Gasteiger partial charge in [-0.25, -0.2) is 0 Å². The van der Waals surface area contributed by atoms with Gasteiger partial charge in [-0.2, -0.15) is 0 Å². The molecule has 0 aliphatic rings. The molecule has 0 saturated heterocycles. The lowest BCUT2D eigenvalue weighted by molar-refractivity contribution is 0.445. The molecule has 0 fully saturated rings. The van der Waals surface area contributed by atoms with Crippen molar-refractivity contribution in [1.82, 2.24) is 0 Å². The van der Waals surface area contributed by atoms with Crippen LogP contribution in [0.25, 0.3) is 0 Å². The van der Waals surface area contributed by atoms with Crippen LogP contribution in [0.4, 0.5) is 0 Å². The Morgan fingerprint density at radius 2 is 2.00 bits per heavy atom. The van der Waals surface area contributed by atoms with Gasteiger partial charge >= 0.3 is 0 Å². The summed E-state index contributed by atoms with van der Waals surface area (Å²) in [5, 5.41) is 18.6. The van der Waals surface area contributed by atoms with Crippen LogP contribution in [-0.2, 0) is 0 Å². The summed E-state index contributed by atoms with van der Waals surface area (Å²) in [5.41, 5.74) is 0.830. The second kappa shape index (κ2) is 3.99. The van der Waals surface area contributed by atoms with Crippen LogP contribution in [0.2, 0.25) is 0 Å². The van der Waals surface area contributed by atoms with Gasteiger partial charge < -0.3 is 10.2 Å². The van der Waals surface area contributed by atoms with Crippen LogP contribution in [0.5, 0.6) is 11.5 Å². The van der Waals surface area contributed by atoms with Crippen molar-refractivity contribution in [3.05, 3.63) is 35.9 Å². The SMILES string of the molecule is C/C=C\C(C)c1ccc(O)cc1O. The third-order valence-corrected chi connectivity index (χ3v) is 1.99. The first-order valence-corrected chi connectivity index (χ1v) is 4.30. The van der Waals surface area contributed by atoms with Crippen molar-refractivity contribution in [2.24, 2.45) is 0 Å². The quantitative estimate of drug-likeness (QED) is 0.683. The number of hydrogen-bond acceptors (Lipinski definition) is 2. The highest BCUT2D eigenvalue weighted by Crippen LogP contribution is 2.29. The summed E-state index contributed by atoms with van der Waals surface area (Å²) in [6, 6.07) is 4.67. The fourth-order valence-corrected chi connectivity index (χ4v) is 1.31. The molecule has 0 amide bonds. The lowest BCUT2D eigenvalue weighted by Gasteiger charge is -2.08. The largest absolute Gasteiger partial charge is 0.508 e. The lowest BCUT2D eigenvalue weighted by atomic mass is 9.99. The molecule has 0 aromatic heterocycles. The van der Waals surface area contributed by atoms with Crippen LogP contribution in [0.15, 0.2) is 30.4 Å². The zero-order valence-corrected chi connectivity index (χ0v) is 7.86. The normalized spacial score (nSPS) is 13.4. The summed E-state index contributed by atoms with van der Waals surface area (Å²) in [6.07, 6.45) is 3.93. The molecule has 0 bridgehead atoms. The molecule has 2 nitrogen and oxygen atoms in total. The molecule has 0 aliphatic carbocycles. The Bertz CT molecular complexity index is 316. The van der Waals surface area contributed by atoms with Gasteiger partial charge in [0.05, 0.1) is 0 Å². The van der Waals surface area contributed by atoms with E-state index in [0.29, 0.717) is 0 Å². The second-order valence-corrected chi connectivity index (χ2v) is 3.06. The van der Waals surface area contributed by atoms with Crippen LogP contribution in [0.3, 0.4) is 0 Å².